The highest BCUT2D eigenvalue weighted by Gasteiger charge is 2.16. The van der Waals surface area contributed by atoms with Crippen LogP contribution in [0.1, 0.15) is 27.0 Å². The minimum atomic E-state index is -0.574. The molecule has 0 aliphatic heterocycles. The van der Waals surface area contributed by atoms with E-state index in [1.165, 1.54) is 18.2 Å². The van der Waals surface area contributed by atoms with Crippen molar-refractivity contribution in [1.29, 1.82) is 0 Å². The Labute approximate surface area is 117 Å². The van der Waals surface area contributed by atoms with Gasteiger partial charge in [0, 0.05) is 11.3 Å². The summed E-state index contributed by atoms with van der Waals surface area (Å²) in [5.74, 6) is -0.228. The average molecular weight is 273 g/mol. The molecular weight excluding hydrogens is 257 g/mol. The molecule has 0 saturated heterocycles. The maximum absolute atomic E-state index is 13.8. The van der Waals surface area contributed by atoms with Crippen LogP contribution in [0.3, 0.4) is 0 Å². The first-order valence-corrected chi connectivity index (χ1v) is 6.19. The van der Waals surface area contributed by atoms with E-state index in [-0.39, 0.29) is 11.3 Å². The molecule has 20 heavy (non-hydrogen) atoms. The molecule has 0 heterocycles. The van der Waals surface area contributed by atoms with E-state index < -0.39 is 5.82 Å². The first-order valence-electron chi connectivity index (χ1n) is 6.19. The fourth-order valence-electron chi connectivity index (χ4n) is 2.28. The molecule has 0 aliphatic rings. The summed E-state index contributed by atoms with van der Waals surface area (Å²) in [6.45, 7) is 3.69. The summed E-state index contributed by atoms with van der Waals surface area (Å²) in [7, 11) is 1.58. The molecule has 0 spiro atoms. The van der Waals surface area contributed by atoms with Gasteiger partial charge in [-0.25, -0.2) is 4.39 Å². The first-order chi connectivity index (χ1) is 9.43. The van der Waals surface area contributed by atoms with E-state index in [0.29, 0.717) is 11.3 Å². The molecule has 4 heteroatoms. The van der Waals surface area contributed by atoms with Gasteiger partial charge in [-0.2, -0.15) is 0 Å². The number of benzene rings is 2. The number of rotatable bonds is 3. The van der Waals surface area contributed by atoms with Crippen LogP contribution >= 0.6 is 0 Å². The number of ketones is 1. The van der Waals surface area contributed by atoms with Gasteiger partial charge in [0.1, 0.15) is 11.6 Å². The van der Waals surface area contributed by atoms with Crippen LogP contribution in [-0.4, -0.2) is 12.9 Å². The molecule has 0 saturated carbocycles. The molecule has 0 unspecified atom stereocenters. The van der Waals surface area contributed by atoms with Crippen LogP contribution in [0.25, 0.3) is 0 Å². The van der Waals surface area contributed by atoms with E-state index in [1.54, 1.807) is 19.2 Å². The van der Waals surface area contributed by atoms with E-state index >= 15 is 0 Å². The topological polar surface area (TPSA) is 52.3 Å². The summed E-state index contributed by atoms with van der Waals surface area (Å²) >= 11 is 0. The van der Waals surface area contributed by atoms with Gasteiger partial charge in [-0.3, -0.25) is 4.79 Å². The summed E-state index contributed by atoms with van der Waals surface area (Å²) in [5.41, 5.74) is 8.04. The van der Waals surface area contributed by atoms with E-state index in [4.69, 9.17) is 10.5 Å². The Morgan fingerprint density at radius 1 is 1.15 bits per heavy atom. The molecular formula is C16H16FNO2. The molecule has 2 N–H and O–H groups in total. The van der Waals surface area contributed by atoms with Crippen LogP contribution in [0.15, 0.2) is 30.3 Å². The summed E-state index contributed by atoms with van der Waals surface area (Å²) in [6.07, 6.45) is 0. The number of carbonyl (C=O) groups excluding carboxylic acids is 1. The lowest BCUT2D eigenvalue weighted by atomic mass is 9.98. The second-order valence-electron chi connectivity index (χ2n) is 4.71. The second kappa shape index (κ2) is 5.33. The largest absolute Gasteiger partial charge is 0.496 e. The molecule has 0 bridgehead atoms. The van der Waals surface area contributed by atoms with Gasteiger partial charge in [0.2, 0.25) is 0 Å². The molecule has 0 aromatic heterocycles. The number of hydrogen-bond acceptors (Lipinski definition) is 3. The van der Waals surface area contributed by atoms with Crippen molar-refractivity contribution < 1.29 is 13.9 Å². The van der Waals surface area contributed by atoms with Gasteiger partial charge in [0.25, 0.3) is 0 Å². The van der Waals surface area contributed by atoms with Gasteiger partial charge in [0.05, 0.1) is 12.7 Å². The predicted octanol–water partition coefficient (Wildman–Crippen LogP) is 3.26. The van der Waals surface area contributed by atoms with Crippen LogP contribution < -0.4 is 10.5 Å². The molecule has 2 rings (SSSR count). The van der Waals surface area contributed by atoms with Gasteiger partial charge in [-0.1, -0.05) is 0 Å². The van der Waals surface area contributed by atoms with Crippen LogP contribution in [0.5, 0.6) is 5.75 Å². The number of methoxy groups -OCH3 is 1. The zero-order valence-corrected chi connectivity index (χ0v) is 11.7. The smallest absolute Gasteiger partial charge is 0.196 e. The minimum absolute atomic E-state index is 0.0195. The standard InChI is InChI=1S/C16H16FNO2/c1-9-6-11(7-10(2)16(9)20-3)15(19)13-8-12(18)4-5-14(13)17/h4-8H,18H2,1-3H3. The molecule has 0 aliphatic carbocycles. The van der Waals surface area contributed by atoms with Crippen LogP contribution in [0, 0.1) is 19.7 Å². The number of nitrogens with two attached hydrogens (primary N) is 1. The lowest BCUT2D eigenvalue weighted by Crippen LogP contribution is -2.07. The molecule has 0 fully saturated rings. The zero-order chi connectivity index (χ0) is 14.9. The van der Waals surface area contributed by atoms with Crippen LogP contribution in [0.2, 0.25) is 0 Å². The molecule has 2 aromatic rings. The van der Waals surface area contributed by atoms with Crippen molar-refractivity contribution in [3.05, 3.63) is 58.4 Å². The Morgan fingerprint density at radius 3 is 2.30 bits per heavy atom. The summed E-state index contributed by atoms with van der Waals surface area (Å²) < 4.78 is 19.0. The molecule has 104 valence electrons. The number of carbonyl (C=O) groups is 1. The number of halogens is 1. The highest BCUT2D eigenvalue weighted by molar-refractivity contribution is 6.09. The molecule has 0 atom stereocenters. The fourth-order valence-corrected chi connectivity index (χ4v) is 2.28. The summed E-state index contributed by atoms with van der Waals surface area (Å²) in [5, 5.41) is 0. The Balaban J connectivity index is 2.51. The summed E-state index contributed by atoms with van der Waals surface area (Å²) in [6, 6.07) is 7.36. The van der Waals surface area contributed by atoms with Gasteiger partial charge < -0.3 is 10.5 Å². The molecule has 3 nitrogen and oxygen atoms in total. The fraction of sp³-hybridized carbons (Fsp3) is 0.188. The number of aryl methyl sites for hydroxylation is 2. The molecule has 2 aromatic carbocycles. The van der Waals surface area contributed by atoms with E-state index in [2.05, 4.69) is 0 Å². The van der Waals surface area contributed by atoms with Crippen LogP contribution in [0.4, 0.5) is 10.1 Å². The average Bonchev–Trinajstić information content (AvgIpc) is 2.40. The number of anilines is 1. The first kappa shape index (κ1) is 14.1. The third kappa shape index (κ3) is 2.50. The highest BCUT2D eigenvalue weighted by Crippen LogP contribution is 2.26. The Morgan fingerprint density at radius 2 is 1.75 bits per heavy atom. The van der Waals surface area contributed by atoms with Gasteiger partial charge in [0.15, 0.2) is 5.78 Å². The minimum Gasteiger partial charge on any atom is -0.496 e. The van der Waals surface area contributed by atoms with E-state index in [9.17, 15) is 9.18 Å². The van der Waals surface area contributed by atoms with Crippen molar-refractivity contribution in [1.82, 2.24) is 0 Å². The maximum Gasteiger partial charge on any atom is 0.196 e. The van der Waals surface area contributed by atoms with Crippen molar-refractivity contribution in [2.75, 3.05) is 12.8 Å². The van der Waals surface area contributed by atoms with E-state index in [0.717, 1.165) is 16.9 Å². The molecule has 0 amide bonds. The summed E-state index contributed by atoms with van der Waals surface area (Å²) in [4.78, 5) is 12.4. The number of hydrogen-bond donors (Lipinski definition) is 1. The van der Waals surface area contributed by atoms with Crippen LogP contribution in [-0.2, 0) is 0 Å². The maximum atomic E-state index is 13.8. The Hall–Kier alpha value is -2.36. The molecule has 0 radical (unpaired) electrons. The second-order valence-corrected chi connectivity index (χ2v) is 4.71. The van der Waals surface area contributed by atoms with Gasteiger partial charge in [-0.05, 0) is 55.3 Å². The number of ether oxygens (including phenoxy) is 1. The Bertz CT molecular complexity index is 657. The van der Waals surface area contributed by atoms with Crippen molar-refractivity contribution >= 4 is 11.5 Å². The highest BCUT2D eigenvalue weighted by atomic mass is 19.1. The normalized spacial score (nSPS) is 10.4. The lowest BCUT2D eigenvalue weighted by Gasteiger charge is -2.11. The van der Waals surface area contributed by atoms with Crippen molar-refractivity contribution in [3.63, 3.8) is 0 Å². The lowest BCUT2D eigenvalue weighted by molar-refractivity contribution is 0.103. The van der Waals surface area contributed by atoms with Gasteiger partial charge >= 0.3 is 0 Å². The quantitative estimate of drug-likeness (QED) is 0.689. The third-order valence-corrected chi connectivity index (χ3v) is 3.16. The monoisotopic (exact) mass is 273 g/mol. The zero-order valence-electron chi connectivity index (χ0n) is 11.7. The van der Waals surface area contributed by atoms with Crippen molar-refractivity contribution in [2.24, 2.45) is 0 Å². The van der Waals surface area contributed by atoms with E-state index in [1.807, 2.05) is 13.8 Å². The predicted molar refractivity (Wildman–Crippen MR) is 76.7 cm³/mol. The Kier molecular flexibility index (Phi) is 3.74. The SMILES string of the molecule is COc1c(C)cc(C(=O)c2cc(N)ccc2F)cc1C. The van der Waals surface area contributed by atoms with Gasteiger partial charge in [-0.15, -0.1) is 0 Å². The van der Waals surface area contributed by atoms with Crippen molar-refractivity contribution in [3.8, 4) is 5.75 Å². The third-order valence-electron chi connectivity index (χ3n) is 3.16. The van der Waals surface area contributed by atoms with Crippen molar-refractivity contribution in [2.45, 2.75) is 13.8 Å². The number of nitrogen functional groups attached to an aromatic ring is 1.